The van der Waals surface area contributed by atoms with Gasteiger partial charge >= 0.3 is 11.9 Å². The standard InChI is InChI=1S/C43H60BN3O22/c1-24(48)64-21-25-3-5-30(67-41-35(53)32(50)29(49)23-65-41)27(19-25)38(55)45-7-12-61-14-9-47(11-16-63-18-17-60-2)10-15-62-13-8-46-39(56)28-20-26(22-66-43(44)59)4-6-31(28)68-42-36(54)33(51)34(52)37(69-42)40(57)58/h3-6,19-20,29,32-37,41-42,49-54H,7-18,21-23H2,1-2H3,(H,45,55)(H,46,56)(H,57,58)/t29-,32+,33+,34+,35-,36-,37+,41+,42-/m1/s1. The third-order valence-electron chi connectivity index (χ3n) is 10.3. The van der Waals surface area contributed by atoms with E-state index in [-0.39, 0.29) is 82.0 Å². The van der Waals surface area contributed by atoms with E-state index in [9.17, 15) is 59.7 Å². The maximum absolute atomic E-state index is 13.4. The average Bonchev–Trinajstić information content (AvgIpc) is 3.32. The Kier molecular flexibility index (Phi) is 23.9. The Labute approximate surface area is 397 Å². The van der Waals surface area contributed by atoms with E-state index in [1.807, 2.05) is 4.90 Å². The Balaban J connectivity index is 1.27. The van der Waals surface area contributed by atoms with Crippen LogP contribution in [0.1, 0.15) is 38.8 Å². The van der Waals surface area contributed by atoms with Crippen molar-refractivity contribution >= 4 is 37.5 Å². The lowest BCUT2D eigenvalue weighted by Gasteiger charge is -2.38. The summed E-state index contributed by atoms with van der Waals surface area (Å²) >= 11 is 0. The van der Waals surface area contributed by atoms with Crippen molar-refractivity contribution in [2.45, 2.75) is 75.4 Å². The molecule has 25 nitrogen and oxygen atoms in total. The number of nitrogens with zero attached hydrogens (tertiary/aromatic N) is 1. The molecule has 0 saturated carbocycles. The number of carboxylic acid groups (broad SMARTS) is 1. The molecule has 0 unspecified atom stereocenters. The molecule has 2 fully saturated rings. The smallest absolute Gasteiger partial charge is 0.335 e. The van der Waals surface area contributed by atoms with Gasteiger partial charge in [-0.15, -0.1) is 0 Å². The third kappa shape index (κ3) is 18.3. The molecule has 0 spiro atoms. The molecule has 9 N–H and O–H groups in total. The van der Waals surface area contributed by atoms with Crippen molar-refractivity contribution in [2.24, 2.45) is 0 Å². The Morgan fingerprint density at radius 2 is 1.17 bits per heavy atom. The zero-order valence-electron chi connectivity index (χ0n) is 38.0. The molecule has 0 aliphatic carbocycles. The number of benzene rings is 2. The summed E-state index contributed by atoms with van der Waals surface area (Å²) in [5.74, 6) is -4.75. The molecular formula is C43H60BN3O22. The van der Waals surface area contributed by atoms with Gasteiger partial charge in [0.05, 0.1) is 64.0 Å². The van der Waals surface area contributed by atoms with Gasteiger partial charge in [0, 0.05) is 46.8 Å². The van der Waals surface area contributed by atoms with E-state index < -0.39 is 84.9 Å². The van der Waals surface area contributed by atoms with Crippen LogP contribution in [0.25, 0.3) is 0 Å². The zero-order valence-corrected chi connectivity index (χ0v) is 38.0. The van der Waals surface area contributed by atoms with E-state index >= 15 is 0 Å². The second kappa shape index (κ2) is 29.2. The summed E-state index contributed by atoms with van der Waals surface area (Å²) in [6.07, 6.45) is -15.5. The van der Waals surface area contributed by atoms with Crippen molar-refractivity contribution in [3.63, 3.8) is 0 Å². The highest BCUT2D eigenvalue weighted by molar-refractivity contribution is 6.55. The molecule has 2 saturated heterocycles. The van der Waals surface area contributed by atoms with E-state index in [0.29, 0.717) is 50.6 Å². The number of amides is 2. The van der Waals surface area contributed by atoms with Crippen LogP contribution in [0.3, 0.4) is 0 Å². The zero-order chi connectivity index (χ0) is 50.5. The fraction of sp³-hybridized carbons (Fsp3) is 0.605. The van der Waals surface area contributed by atoms with Gasteiger partial charge < -0.3 is 93.7 Å². The summed E-state index contributed by atoms with van der Waals surface area (Å²) in [4.78, 5) is 63.0. The van der Waals surface area contributed by atoms with Crippen molar-refractivity contribution < 1.29 is 107 Å². The first-order chi connectivity index (χ1) is 33.0. The molecule has 2 aromatic carbocycles. The molecule has 26 heteroatoms. The van der Waals surface area contributed by atoms with Gasteiger partial charge in [0.15, 0.2) is 6.10 Å². The Hall–Kier alpha value is -5.07. The number of esters is 1. The van der Waals surface area contributed by atoms with E-state index in [2.05, 4.69) is 10.6 Å². The lowest BCUT2D eigenvalue weighted by molar-refractivity contribution is -0.271. The van der Waals surface area contributed by atoms with Crippen molar-refractivity contribution in [1.82, 2.24) is 15.5 Å². The molecule has 2 aliphatic heterocycles. The number of hydrogen-bond acceptors (Lipinski definition) is 22. The van der Waals surface area contributed by atoms with Crippen molar-refractivity contribution in [2.75, 3.05) is 92.7 Å². The molecule has 2 aromatic rings. The maximum atomic E-state index is 13.4. The minimum Gasteiger partial charge on any atom is -0.479 e. The molecular weight excluding hydrogens is 921 g/mol. The number of aliphatic carboxylic acids is 1. The van der Waals surface area contributed by atoms with Gasteiger partial charge in [-0.2, -0.15) is 0 Å². The molecule has 0 bridgehead atoms. The van der Waals surface area contributed by atoms with Crippen LogP contribution in [-0.2, 0) is 60.7 Å². The van der Waals surface area contributed by atoms with Crippen molar-refractivity contribution in [3.05, 3.63) is 58.7 Å². The molecule has 2 heterocycles. The first-order valence-corrected chi connectivity index (χ1v) is 21.7. The van der Waals surface area contributed by atoms with Crippen LogP contribution in [0, 0.1) is 0 Å². The second-order valence-electron chi connectivity index (χ2n) is 15.5. The minimum absolute atomic E-state index is 0.00251. The van der Waals surface area contributed by atoms with Crippen LogP contribution in [0.5, 0.6) is 11.5 Å². The van der Waals surface area contributed by atoms with Gasteiger partial charge in [-0.25, -0.2) is 4.79 Å². The quantitative estimate of drug-likeness (QED) is 0.0220. The summed E-state index contributed by atoms with van der Waals surface area (Å²) in [6, 6.07) is 8.38. The highest BCUT2D eigenvalue weighted by atomic mass is 16.7. The first-order valence-electron chi connectivity index (χ1n) is 21.7. The predicted molar refractivity (Wildman–Crippen MR) is 233 cm³/mol. The first kappa shape index (κ1) is 56.5. The van der Waals surface area contributed by atoms with Gasteiger partial charge in [0.1, 0.15) is 61.3 Å². The molecule has 2 amide bonds. The Morgan fingerprint density at radius 3 is 1.68 bits per heavy atom. The van der Waals surface area contributed by atoms with Gasteiger partial charge in [-0.05, 0) is 35.4 Å². The molecule has 2 aliphatic rings. The molecule has 2 radical (unpaired) electrons. The molecule has 9 atom stereocenters. The number of hydrogen-bond donors (Lipinski definition) is 9. The van der Waals surface area contributed by atoms with E-state index in [0.717, 1.165) is 0 Å². The molecule has 4 rings (SSSR count). The lowest BCUT2D eigenvalue weighted by atomic mass is 9.99. The highest BCUT2D eigenvalue weighted by Gasteiger charge is 2.48. The summed E-state index contributed by atoms with van der Waals surface area (Å²) in [5.41, 5.74) is 0.641. The van der Waals surface area contributed by atoms with Crippen molar-refractivity contribution in [1.29, 1.82) is 0 Å². The summed E-state index contributed by atoms with van der Waals surface area (Å²) < 4.78 is 54.0. The van der Waals surface area contributed by atoms with Gasteiger partial charge in [0.2, 0.25) is 26.3 Å². The predicted octanol–water partition coefficient (Wildman–Crippen LogP) is -3.20. The van der Waals surface area contributed by atoms with E-state index in [1.54, 1.807) is 13.2 Å². The number of carboxylic acids is 1. The van der Waals surface area contributed by atoms with Crippen LogP contribution >= 0.6 is 0 Å². The van der Waals surface area contributed by atoms with Gasteiger partial charge in [-0.1, -0.05) is 12.1 Å². The fourth-order valence-electron chi connectivity index (χ4n) is 6.54. The minimum atomic E-state index is -1.97. The summed E-state index contributed by atoms with van der Waals surface area (Å²) in [5, 5.41) is 75.8. The monoisotopic (exact) mass is 981 g/mol. The Morgan fingerprint density at radius 1 is 0.667 bits per heavy atom. The largest absolute Gasteiger partial charge is 0.479 e. The topological polar surface area (TPSA) is 347 Å². The maximum Gasteiger partial charge on any atom is 0.335 e. The van der Waals surface area contributed by atoms with Crippen LogP contribution in [0.15, 0.2) is 36.4 Å². The Bertz CT molecular complexity index is 1970. The average molecular weight is 982 g/mol. The second-order valence-corrected chi connectivity index (χ2v) is 15.5. The van der Waals surface area contributed by atoms with Crippen LogP contribution in [0.2, 0.25) is 0 Å². The fourth-order valence-corrected chi connectivity index (χ4v) is 6.54. The van der Waals surface area contributed by atoms with E-state index in [4.69, 9.17) is 55.2 Å². The van der Waals surface area contributed by atoms with Crippen LogP contribution in [0.4, 0.5) is 4.79 Å². The molecule has 0 aromatic heterocycles. The number of carbonyl (C=O) groups is 5. The van der Waals surface area contributed by atoms with Crippen molar-refractivity contribution in [3.8, 4) is 11.5 Å². The summed E-state index contributed by atoms with van der Waals surface area (Å²) in [6.45, 7) is 3.67. The lowest BCUT2D eigenvalue weighted by Crippen LogP contribution is -2.61. The highest BCUT2D eigenvalue weighted by Crippen LogP contribution is 2.29. The van der Waals surface area contributed by atoms with Crippen LogP contribution < -0.4 is 20.1 Å². The summed E-state index contributed by atoms with van der Waals surface area (Å²) in [7, 11) is 6.63. The number of rotatable bonds is 29. The SMILES string of the molecule is [B]C(=O)OCc1ccc(O[C@@H]2O[C@H](C(=O)O)[C@@H](O)[C@H](O)[C@H]2O)c(C(=O)NCCOCCN(CCOCCNC(=O)c2cc(COC(C)=O)ccc2O[C@@H]2OC[C@@H](O)[C@H](O)[C@H]2O)CCOCCOC)c1. The normalized spacial score (nSPS) is 23.5. The van der Waals surface area contributed by atoms with Crippen LogP contribution in [-0.4, -0.2) is 226 Å². The van der Waals surface area contributed by atoms with Gasteiger partial charge in [-0.3, -0.25) is 24.1 Å². The molecule has 69 heavy (non-hydrogen) atoms. The van der Waals surface area contributed by atoms with Gasteiger partial charge in [0.25, 0.3) is 11.8 Å². The van der Waals surface area contributed by atoms with E-state index in [1.165, 1.54) is 37.3 Å². The number of nitrogens with one attached hydrogen (secondary N) is 2. The number of methoxy groups -OCH3 is 1. The number of ether oxygens (including phenoxy) is 10. The number of carbonyl (C=O) groups excluding carboxylic acids is 4. The number of aliphatic hydroxyl groups is 6. The number of aliphatic hydroxyl groups excluding tert-OH is 6. The third-order valence-corrected chi connectivity index (χ3v) is 10.3. The molecule has 382 valence electrons.